The van der Waals surface area contributed by atoms with E-state index in [-0.39, 0.29) is 23.8 Å². The molecule has 1 aromatic rings. The number of rotatable bonds is 6. The van der Waals surface area contributed by atoms with Gasteiger partial charge in [-0.25, -0.2) is 4.39 Å². The normalized spacial score (nSPS) is 13.9. The van der Waals surface area contributed by atoms with Crippen molar-refractivity contribution in [2.75, 3.05) is 7.11 Å². The van der Waals surface area contributed by atoms with Gasteiger partial charge in [-0.05, 0) is 33.8 Å². The Bertz CT molecular complexity index is 463. The number of hydrogen-bond donors (Lipinski definition) is 2. The standard InChI is InChI=1S/C15H23FN2O2/c1-9(2)17-15(19)11(4)18-10(3)13-7-6-12(20-5)8-14(13)16/h6-11,18H,1-5H3,(H,17,19). The maximum absolute atomic E-state index is 13.9. The lowest BCUT2D eigenvalue weighted by molar-refractivity contribution is -0.123. The van der Waals surface area contributed by atoms with Crippen LogP contribution in [0.1, 0.15) is 39.3 Å². The lowest BCUT2D eigenvalue weighted by Gasteiger charge is -2.21. The highest BCUT2D eigenvalue weighted by atomic mass is 19.1. The van der Waals surface area contributed by atoms with Crippen LogP contribution >= 0.6 is 0 Å². The fourth-order valence-corrected chi connectivity index (χ4v) is 1.94. The zero-order valence-electron chi connectivity index (χ0n) is 12.7. The Balaban J connectivity index is 2.71. The van der Waals surface area contributed by atoms with Crippen molar-refractivity contribution in [3.05, 3.63) is 29.6 Å². The fourth-order valence-electron chi connectivity index (χ4n) is 1.94. The van der Waals surface area contributed by atoms with Crippen molar-refractivity contribution in [3.8, 4) is 5.75 Å². The van der Waals surface area contributed by atoms with Gasteiger partial charge in [-0.3, -0.25) is 10.1 Å². The molecule has 0 spiro atoms. The minimum atomic E-state index is -0.395. The first-order valence-electron chi connectivity index (χ1n) is 6.75. The van der Waals surface area contributed by atoms with Gasteiger partial charge in [0.15, 0.2) is 0 Å². The average Bonchev–Trinajstić information content (AvgIpc) is 2.37. The van der Waals surface area contributed by atoms with E-state index in [1.165, 1.54) is 13.2 Å². The molecule has 20 heavy (non-hydrogen) atoms. The second-order valence-corrected chi connectivity index (χ2v) is 5.16. The van der Waals surface area contributed by atoms with Crippen molar-refractivity contribution in [3.63, 3.8) is 0 Å². The molecule has 1 aromatic carbocycles. The number of amides is 1. The summed E-state index contributed by atoms with van der Waals surface area (Å²) < 4.78 is 18.9. The van der Waals surface area contributed by atoms with Gasteiger partial charge in [0.2, 0.25) is 5.91 Å². The van der Waals surface area contributed by atoms with Crippen LogP contribution in [0.2, 0.25) is 0 Å². The first kappa shape index (κ1) is 16.4. The van der Waals surface area contributed by atoms with Crippen LogP contribution < -0.4 is 15.4 Å². The molecular weight excluding hydrogens is 259 g/mol. The maximum atomic E-state index is 13.9. The largest absolute Gasteiger partial charge is 0.497 e. The highest BCUT2D eigenvalue weighted by Crippen LogP contribution is 2.22. The summed E-state index contributed by atoms with van der Waals surface area (Å²) in [6.07, 6.45) is 0. The molecule has 1 rings (SSSR count). The molecule has 0 saturated carbocycles. The molecule has 4 nitrogen and oxygen atoms in total. The van der Waals surface area contributed by atoms with Crippen LogP contribution in [0.3, 0.4) is 0 Å². The molecule has 0 aliphatic heterocycles. The monoisotopic (exact) mass is 282 g/mol. The van der Waals surface area contributed by atoms with Gasteiger partial charge in [-0.15, -0.1) is 0 Å². The second-order valence-electron chi connectivity index (χ2n) is 5.16. The first-order valence-corrected chi connectivity index (χ1v) is 6.75. The van der Waals surface area contributed by atoms with Gasteiger partial charge in [-0.2, -0.15) is 0 Å². The number of benzene rings is 1. The molecule has 2 unspecified atom stereocenters. The third-order valence-electron chi connectivity index (χ3n) is 3.00. The minimum absolute atomic E-state index is 0.0831. The van der Waals surface area contributed by atoms with Gasteiger partial charge in [-0.1, -0.05) is 6.07 Å². The van der Waals surface area contributed by atoms with E-state index >= 15 is 0 Å². The van der Waals surface area contributed by atoms with E-state index in [1.807, 2.05) is 20.8 Å². The van der Waals surface area contributed by atoms with Crippen molar-refractivity contribution in [2.45, 2.75) is 45.8 Å². The molecule has 0 radical (unpaired) electrons. The maximum Gasteiger partial charge on any atom is 0.237 e. The summed E-state index contributed by atoms with van der Waals surface area (Å²) in [7, 11) is 1.49. The van der Waals surface area contributed by atoms with Gasteiger partial charge < -0.3 is 10.1 Å². The molecule has 0 aliphatic carbocycles. The molecule has 112 valence electrons. The molecule has 2 atom stereocenters. The number of nitrogens with one attached hydrogen (secondary N) is 2. The second kappa shape index (κ2) is 7.24. The van der Waals surface area contributed by atoms with Gasteiger partial charge in [0.05, 0.1) is 13.2 Å². The molecule has 2 N–H and O–H groups in total. The van der Waals surface area contributed by atoms with Crippen molar-refractivity contribution in [1.82, 2.24) is 10.6 Å². The van der Waals surface area contributed by atoms with Gasteiger partial charge in [0.1, 0.15) is 11.6 Å². The summed E-state index contributed by atoms with van der Waals surface area (Å²) in [6, 6.07) is 4.13. The van der Waals surface area contributed by atoms with Crippen LogP contribution in [-0.4, -0.2) is 25.1 Å². The Labute approximate surface area is 119 Å². The predicted octanol–water partition coefficient (Wildman–Crippen LogP) is 2.40. The molecule has 0 aromatic heterocycles. The fraction of sp³-hybridized carbons (Fsp3) is 0.533. The SMILES string of the molecule is COc1ccc(C(C)NC(C)C(=O)NC(C)C)c(F)c1. The highest BCUT2D eigenvalue weighted by Gasteiger charge is 2.18. The van der Waals surface area contributed by atoms with Crippen molar-refractivity contribution in [2.24, 2.45) is 0 Å². The average molecular weight is 282 g/mol. The minimum Gasteiger partial charge on any atom is -0.497 e. The Morgan fingerprint density at radius 2 is 1.90 bits per heavy atom. The molecule has 0 bridgehead atoms. The molecule has 1 amide bonds. The summed E-state index contributed by atoms with van der Waals surface area (Å²) in [6.45, 7) is 7.38. The molecule has 5 heteroatoms. The van der Waals surface area contributed by atoms with E-state index in [4.69, 9.17) is 4.74 Å². The molecule has 0 aliphatic rings. The predicted molar refractivity (Wildman–Crippen MR) is 77.2 cm³/mol. The summed E-state index contributed by atoms with van der Waals surface area (Å²) in [5.74, 6) is 0.0330. The van der Waals surface area contributed by atoms with E-state index in [9.17, 15) is 9.18 Å². The lowest BCUT2D eigenvalue weighted by Crippen LogP contribution is -2.45. The van der Waals surface area contributed by atoms with Gasteiger partial charge >= 0.3 is 0 Å². The molecule has 0 fully saturated rings. The Kier molecular flexibility index (Phi) is 5.95. The Morgan fingerprint density at radius 3 is 2.40 bits per heavy atom. The lowest BCUT2D eigenvalue weighted by atomic mass is 10.1. The van der Waals surface area contributed by atoms with Gasteiger partial charge in [0, 0.05) is 23.7 Å². The Hall–Kier alpha value is -1.62. The third-order valence-corrected chi connectivity index (χ3v) is 3.00. The summed E-state index contributed by atoms with van der Waals surface area (Å²) in [4.78, 5) is 11.8. The van der Waals surface area contributed by atoms with Crippen LogP contribution in [-0.2, 0) is 4.79 Å². The van der Waals surface area contributed by atoms with Crippen LogP contribution in [0.25, 0.3) is 0 Å². The van der Waals surface area contributed by atoms with Crippen LogP contribution in [0.15, 0.2) is 18.2 Å². The number of ether oxygens (including phenoxy) is 1. The summed E-state index contributed by atoms with van der Waals surface area (Å²) >= 11 is 0. The zero-order chi connectivity index (χ0) is 15.3. The molecule has 0 saturated heterocycles. The van der Waals surface area contributed by atoms with Crippen LogP contribution in [0, 0.1) is 5.82 Å². The zero-order valence-corrected chi connectivity index (χ0v) is 12.7. The molecular formula is C15H23FN2O2. The van der Waals surface area contributed by atoms with E-state index < -0.39 is 6.04 Å². The van der Waals surface area contributed by atoms with Gasteiger partial charge in [0.25, 0.3) is 0 Å². The topological polar surface area (TPSA) is 50.4 Å². The van der Waals surface area contributed by atoms with E-state index in [0.29, 0.717) is 11.3 Å². The smallest absolute Gasteiger partial charge is 0.237 e. The quantitative estimate of drug-likeness (QED) is 0.842. The van der Waals surface area contributed by atoms with E-state index in [2.05, 4.69) is 10.6 Å². The highest BCUT2D eigenvalue weighted by molar-refractivity contribution is 5.81. The van der Waals surface area contributed by atoms with Crippen LogP contribution in [0.5, 0.6) is 5.75 Å². The summed E-state index contributed by atoms with van der Waals surface area (Å²) in [5.41, 5.74) is 0.509. The molecule has 0 heterocycles. The van der Waals surface area contributed by atoms with E-state index in [1.54, 1.807) is 19.1 Å². The summed E-state index contributed by atoms with van der Waals surface area (Å²) in [5, 5.41) is 5.90. The van der Waals surface area contributed by atoms with E-state index in [0.717, 1.165) is 0 Å². The number of carbonyl (C=O) groups excluding carboxylic acids is 1. The Morgan fingerprint density at radius 1 is 1.25 bits per heavy atom. The third kappa shape index (κ3) is 4.49. The van der Waals surface area contributed by atoms with Crippen molar-refractivity contribution < 1.29 is 13.9 Å². The number of methoxy groups -OCH3 is 1. The number of hydrogen-bond acceptors (Lipinski definition) is 3. The van der Waals surface area contributed by atoms with Crippen molar-refractivity contribution in [1.29, 1.82) is 0 Å². The van der Waals surface area contributed by atoms with Crippen molar-refractivity contribution >= 4 is 5.91 Å². The van der Waals surface area contributed by atoms with Crippen LogP contribution in [0.4, 0.5) is 4.39 Å². The number of carbonyl (C=O) groups is 1. The first-order chi connectivity index (χ1) is 9.35. The number of halogens is 1.